The summed E-state index contributed by atoms with van der Waals surface area (Å²) in [6.07, 6.45) is 2.24. The van der Waals surface area contributed by atoms with E-state index >= 15 is 0 Å². The van der Waals surface area contributed by atoms with Crippen LogP contribution in [0, 0.1) is 0 Å². The summed E-state index contributed by atoms with van der Waals surface area (Å²) in [5, 5.41) is 13.3. The van der Waals surface area contributed by atoms with Crippen molar-refractivity contribution in [1.29, 1.82) is 0 Å². The summed E-state index contributed by atoms with van der Waals surface area (Å²) in [5.41, 5.74) is 3.54. The number of fused-ring (bicyclic) bond motifs is 1. The molecular formula is C23H21N5O3S. The molecule has 1 aliphatic rings. The number of amides is 1. The molecule has 0 saturated carbocycles. The molecule has 0 spiro atoms. The van der Waals surface area contributed by atoms with Crippen LogP contribution in [0.15, 0.2) is 60.2 Å². The molecule has 162 valence electrons. The molecule has 0 bridgehead atoms. The Bertz CT molecular complexity index is 1240. The summed E-state index contributed by atoms with van der Waals surface area (Å²) >= 11 is 1.64. The zero-order chi connectivity index (χ0) is 22.1. The van der Waals surface area contributed by atoms with Gasteiger partial charge in [0.05, 0.1) is 25.9 Å². The minimum atomic E-state index is -0.206. The Kier molecular flexibility index (Phi) is 5.32. The molecule has 1 amide bonds. The largest absolute Gasteiger partial charge is 0.493 e. The van der Waals surface area contributed by atoms with E-state index in [1.165, 1.54) is 11.0 Å². The van der Waals surface area contributed by atoms with Gasteiger partial charge in [-0.25, -0.2) is 4.68 Å². The third kappa shape index (κ3) is 3.50. The molecule has 0 radical (unpaired) electrons. The van der Waals surface area contributed by atoms with Gasteiger partial charge in [0.2, 0.25) is 0 Å². The third-order valence-corrected chi connectivity index (χ3v) is 6.58. The first-order chi connectivity index (χ1) is 15.7. The standard InChI is InChI=1S/C23H21N5O3S/c1-30-19-12-15-8-9-27(22(21-7-4-10-32-21)18(15)13-20(19)31-2)23(29)16-5-3-6-17(11-16)28-14-24-25-26-28/h3-7,10-14,22H,8-9H2,1-2H3. The fourth-order valence-electron chi connectivity index (χ4n) is 4.15. The lowest BCUT2D eigenvalue weighted by Gasteiger charge is -2.37. The van der Waals surface area contributed by atoms with Crippen molar-refractivity contribution in [1.82, 2.24) is 25.1 Å². The van der Waals surface area contributed by atoms with Crippen LogP contribution in [0.2, 0.25) is 0 Å². The molecular weight excluding hydrogens is 426 g/mol. The maximum absolute atomic E-state index is 13.7. The van der Waals surface area contributed by atoms with Gasteiger partial charge in [-0.3, -0.25) is 4.79 Å². The van der Waals surface area contributed by atoms with Crippen LogP contribution in [-0.2, 0) is 6.42 Å². The Morgan fingerprint density at radius 1 is 1.09 bits per heavy atom. The van der Waals surface area contributed by atoms with E-state index in [4.69, 9.17) is 9.47 Å². The van der Waals surface area contributed by atoms with E-state index in [1.54, 1.807) is 25.6 Å². The molecule has 5 rings (SSSR count). The molecule has 32 heavy (non-hydrogen) atoms. The molecule has 9 heteroatoms. The molecule has 2 aromatic heterocycles. The van der Waals surface area contributed by atoms with Crippen LogP contribution in [0.4, 0.5) is 0 Å². The molecule has 0 aliphatic carbocycles. The summed E-state index contributed by atoms with van der Waals surface area (Å²) in [7, 11) is 3.26. The lowest BCUT2D eigenvalue weighted by Crippen LogP contribution is -2.40. The number of thiophene rings is 1. The Morgan fingerprint density at radius 2 is 1.94 bits per heavy atom. The highest BCUT2D eigenvalue weighted by molar-refractivity contribution is 7.10. The van der Waals surface area contributed by atoms with Crippen LogP contribution in [0.3, 0.4) is 0 Å². The molecule has 8 nitrogen and oxygen atoms in total. The molecule has 1 unspecified atom stereocenters. The summed E-state index contributed by atoms with van der Waals surface area (Å²) in [6, 6.07) is 15.2. The maximum atomic E-state index is 13.7. The number of aromatic nitrogens is 4. The van der Waals surface area contributed by atoms with Crippen molar-refractivity contribution in [2.24, 2.45) is 0 Å². The van der Waals surface area contributed by atoms with Gasteiger partial charge in [0.1, 0.15) is 6.33 Å². The van der Waals surface area contributed by atoms with Crippen molar-refractivity contribution in [3.63, 3.8) is 0 Å². The normalized spacial score (nSPS) is 15.3. The van der Waals surface area contributed by atoms with Crippen molar-refractivity contribution < 1.29 is 14.3 Å². The van der Waals surface area contributed by atoms with Crippen LogP contribution in [0.1, 0.15) is 32.4 Å². The highest BCUT2D eigenvalue weighted by atomic mass is 32.1. The van der Waals surface area contributed by atoms with Gasteiger partial charge in [-0.15, -0.1) is 16.4 Å². The van der Waals surface area contributed by atoms with Gasteiger partial charge in [-0.2, -0.15) is 0 Å². The van der Waals surface area contributed by atoms with Gasteiger partial charge < -0.3 is 14.4 Å². The number of hydrogen-bond donors (Lipinski definition) is 0. The van der Waals surface area contributed by atoms with Crippen molar-refractivity contribution in [2.45, 2.75) is 12.5 Å². The van der Waals surface area contributed by atoms with Crippen molar-refractivity contribution in [2.75, 3.05) is 20.8 Å². The highest BCUT2D eigenvalue weighted by Gasteiger charge is 2.34. The third-order valence-electron chi connectivity index (χ3n) is 5.65. The van der Waals surface area contributed by atoms with Gasteiger partial charge in [0.15, 0.2) is 11.5 Å². The number of nitrogens with zero attached hydrogens (tertiary/aromatic N) is 5. The average molecular weight is 448 g/mol. The summed E-state index contributed by atoms with van der Waals surface area (Å²) in [4.78, 5) is 16.8. The van der Waals surface area contributed by atoms with E-state index in [0.717, 1.165) is 28.1 Å². The van der Waals surface area contributed by atoms with E-state index < -0.39 is 0 Å². The second-order valence-corrected chi connectivity index (χ2v) is 8.36. The van der Waals surface area contributed by atoms with E-state index in [-0.39, 0.29) is 11.9 Å². The van der Waals surface area contributed by atoms with Crippen molar-refractivity contribution in [3.8, 4) is 17.2 Å². The first kappa shape index (κ1) is 20.2. The molecule has 1 atom stereocenters. The minimum absolute atomic E-state index is 0.0428. The second kappa shape index (κ2) is 8.43. The average Bonchev–Trinajstić information content (AvgIpc) is 3.56. The van der Waals surface area contributed by atoms with E-state index in [0.29, 0.717) is 23.6 Å². The topological polar surface area (TPSA) is 82.4 Å². The predicted molar refractivity (Wildman–Crippen MR) is 120 cm³/mol. The van der Waals surface area contributed by atoms with Crippen LogP contribution in [0.25, 0.3) is 5.69 Å². The molecule has 4 aromatic rings. The summed E-state index contributed by atoms with van der Waals surface area (Å²) < 4.78 is 12.6. The number of rotatable bonds is 5. The van der Waals surface area contributed by atoms with Crippen LogP contribution in [0.5, 0.6) is 11.5 Å². The minimum Gasteiger partial charge on any atom is -0.493 e. The SMILES string of the molecule is COc1cc2c(cc1OC)C(c1cccs1)N(C(=O)c1cccc(-n3cnnn3)c1)CC2. The van der Waals surface area contributed by atoms with Crippen LogP contribution >= 0.6 is 11.3 Å². The van der Waals surface area contributed by atoms with Crippen molar-refractivity contribution in [3.05, 3.63) is 81.8 Å². The van der Waals surface area contributed by atoms with Gasteiger partial charge in [0, 0.05) is 17.0 Å². The first-order valence-corrected chi connectivity index (χ1v) is 11.0. The summed E-state index contributed by atoms with van der Waals surface area (Å²) in [5.74, 6) is 1.31. The molecule has 2 aromatic carbocycles. The summed E-state index contributed by atoms with van der Waals surface area (Å²) in [6.45, 7) is 0.596. The second-order valence-electron chi connectivity index (χ2n) is 7.38. The number of tetrazole rings is 1. The molecule has 1 aliphatic heterocycles. The van der Waals surface area contributed by atoms with Crippen LogP contribution in [-0.4, -0.2) is 51.8 Å². The zero-order valence-corrected chi connectivity index (χ0v) is 18.5. The van der Waals surface area contributed by atoms with E-state index in [2.05, 4.69) is 21.6 Å². The fourth-order valence-corrected chi connectivity index (χ4v) is 5.00. The molecule has 0 saturated heterocycles. The lowest BCUT2D eigenvalue weighted by molar-refractivity contribution is 0.0697. The Hall–Kier alpha value is -3.72. The number of carbonyl (C=O) groups excluding carboxylic acids is 1. The lowest BCUT2D eigenvalue weighted by atomic mass is 9.90. The van der Waals surface area contributed by atoms with Crippen molar-refractivity contribution >= 4 is 17.2 Å². The van der Waals surface area contributed by atoms with E-state index in [9.17, 15) is 4.79 Å². The predicted octanol–water partition coefficient (Wildman–Crippen LogP) is 3.53. The zero-order valence-electron chi connectivity index (χ0n) is 17.6. The Morgan fingerprint density at radius 3 is 2.66 bits per heavy atom. The number of carbonyl (C=O) groups is 1. The van der Waals surface area contributed by atoms with Gasteiger partial charge in [-0.1, -0.05) is 12.1 Å². The maximum Gasteiger partial charge on any atom is 0.254 e. The molecule has 0 N–H and O–H groups in total. The molecule has 3 heterocycles. The quantitative estimate of drug-likeness (QED) is 0.466. The number of hydrogen-bond acceptors (Lipinski definition) is 7. The molecule has 0 fully saturated rings. The smallest absolute Gasteiger partial charge is 0.254 e. The van der Waals surface area contributed by atoms with Crippen LogP contribution < -0.4 is 9.47 Å². The van der Waals surface area contributed by atoms with Gasteiger partial charge >= 0.3 is 0 Å². The monoisotopic (exact) mass is 447 g/mol. The van der Waals surface area contributed by atoms with Gasteiger partial charge in [-0.05, 0) is 69.8 Å². The Balaban J connectivity index is 1.57. The van der Waals surface area contributed by atoms with E-state index in [1.807, 2.05) is 52.7 Å². The first-order valence-electron chi connectivity index (χ1n) is 10.1. The number of ether oxygens (including phenoxy) is 2. The highest BCUT2D eigenvalue weighted by Crippen LogP contribution is 2.42. The Labute approximate surface area is 189 Å². The van der Waals surface area contributed by atoms with Gasteiger partial charge in [0.25, 0.3) is 5.91 Å². The number of benzene rings is 2. The fraction of sp³-hybridized carbons (Fsp3) is 0.217. The number of methoxy groups -OCH3 is 2.